The predicted octanol–water partition coefficient (Wildman–Crippen LogP) is 7.20. The van der Waals surface area contributed by atoms with Crippen molar-refractivity contribution < 1.29 is 14.6 Å². The molecule has 0 aliphatic heterocycles. The fourth-order valence-electron chi connectivity index (χ4n) is 3.09. The number of rotatable bonds is 16. The zero-order valence-electron chi connectivity index (χ0n) is 17.1. The molecule has 0 bridgehead atoms. The van der Waals surface area contributed by atoms with Gasteiger partial charge >= 0.3 is 5.97 Å². The second-order valence-corrected chi connectivity index (χ2v) is 7.24. The highest BCUT2D eigenvalue weighted by molar-refractivity contribution is 5.89. The van der Waals surface area contributed by atoms with E-state index in [2.05, 4.69) is 19.1 Å². The first-order valence-electron chi connectivity index (χ1n) is 10.8. The Labute approximate surface area is 165 Å². The summed E-state index contributed by atoms with van der Waals surface area (Å²) in [6, 6.07) is 6.17. The molecule has 1 rings (SSSR count). The number of benzene rings is 1. The highest BCUT2D eigenvalue weighted by Crippen LogP contribution is 2.13. The number of hydrogen-bond donors (Lipinski definition) is 1. The molecule has 0 radical (unpaired) electrons. The van der Waals surface area contributed by atoms with Crippen LogP contribution in [0.1, 0.15) is 101 Å². The van der Waals surface area contributed by atoms with Crippen LogP contribution in [0.15, 0.2) is 36.4 Å². The number of carbonyl (C=O) groups excluding carboxylic acids is 1. The van der Waals surface area contributed by atoms with E-state index < -0.39 is 0 Å². The Balaban J connectivity index is 1.82. The van der Waals surface area contributed by atoms with E-state index in [0.29, 0.717) is 12.2 Å². The summed E-state index contributed by atoms with van der Waals surface area (Å²) in [6.07, 6.45) is 21.1. The third-order valence-corrected chi connectivity index (χ3v) is 4.75. The summed E-state index contributed by atoms with van der Waals surface area (Å²) in [4.78, 5) is 11.8. The zero-order chi connectivity index (χ0) is 19.6. The Morgan fingerprint density at radius 2 is 1.33 bits per heavy atom. The molecule has 0 heterocycles. The molecule has 0 fully saturated rings. The molecule has 27 heavy (non-hydrogen) atoms. The maximum absolute atomic E-state index is 11.8. The van der Waals surface area contributed by atoms with Crippen LogP contribution in [0.2, 0.25) is 0 Å². The molecule has 3 heteroatoms. The van der Waals surface area contributed by atoms with E-state index >= 15 is 0 Å². The standard InChI is InChI=1S/C24H38O3/c1-2-3-4-5-6-7-8-9-10-11-12-13-14-15-16-21-27-24(26)22-17-19-23(25)20-18-22/h3-4,17-20,25H,2,5-16,21H2,1H3/b4-3+. The molecular weight excluding hydrogens is 336 g/mol. The van der Waals surface area contributed by atoms with Gasteiger partial charge < -0.3 is 9.84 Å². The van der Waals surface area contributed by atoms with Gasteiger partial charge in [-0.1, -0.05) is 76.9 Å². The second kappa shape index (κ2) is 16.4. The van der Waals surface area contributed by atoms with Gasteiger partial charge in [0, 0.05) is 0 Å². The zero-order valence-corrected chi connectivity index (χ0v) is 17.1. The summed E-state index contributed by atoms with van der Waals surface area (Å²) in [6.45, 7) is 2.66. The highest BCUT2D eigenvalue weighted by Gasteiger charge is 2.06. The Morgan fingerprint density at radius 3 is 1.89 bits per heavy atom. The van der Waals surface area contributed by atoms with Gasteiger partial charge in [-0.2, -0.15) is 0 Å². The lowest BCUT2D eigenvalue weighted by Gasteiger charge is -2.05. The van der Waals surface area contributed by atoms with Crippen LogP contribution in [0.5, 0.6) is 5.75 Å². The first kappa shape index (κ1) is 23.3. The smallest absolute Gasteiger partial charge is 0.338 e. The van der Waals surface area contributed by atoms with Gasteiger partial charge in [-0.05, 0) is 49.9 Å². The topological polar surface area (TPSA) is 46.5 Å². The van der Waals surface area contributed by atoms with E-state index in [-0.39, 0.29) is 11.7 Å². The maximum Gasteiger partial charge on any atom is 0.338 e. The fraction of sp³-hybridized carbons (Fsp3) is 0.625. The lowest BCUT2D eigenvalue weighted by atomic mass is 10.1. The van der Waals surface area contributed by atoms with Crippen molar-refractivity contribution in [3.63, 3.8) is 0 Å². The van der Waals surface area contributed by atoms with Gasteiger partial charge in [-0.15, -0.1) is 0 Å². The molecule has 0 unspecified atom stereocenters. The molecule has 0 amide bonds. The SMILES string of the molecule is CC/C=C/CCCCCCCCCCCCCOC(=O)c1ccc(O)cc1. The van der Waals surface area contributed by atoms with Crippen molar-refractivity contribution in [1.82, 2.24) is 0 Å². The Morgan fingerprint density at radius 1 is 0.815 bits per heavy atom. The van der Waals surface area contributed by atoms with Gasteiger partial charge in [0.1, 0.15) is 5.75 Å². The van der Waals surface area contributed by atoms with Crippen LogP contribution in [-0.4, -0.2) is 17.7 Å². The Bertz CT molecular complexity index is 505. The number of unbranched alkanes of at least 4 members (excludes halogenated alkanes) is 11. The number of allylic oxidation sites excluding steroid dienone is 2. The van der Waals surface area contributed by atoms with E-state index in [9.17, 15) is 9.90 Å². The van der Waals surface area contributed by atoms with Crippen molar-refractivity contribution in [2.24, 2.45) is 0 Å². The van der Waals surface area contributed by atoms with E-state index in [1.807, 2.05) is 0 Å². The van der Waals surface area contributed by atoms with Gasteiger partial charge in [0.2, 0.25) is 0 Å². The third kappa shape index (κ3) is 13.1. The summed E-state index contributed by atoms with van der Waals surface area (Å²) in [5.41, 5.74) is 0.491. The lowest BCUT2D eigenvalue weighted by Crippen LogP contribution is -2.06. The summed E-state index contributed by atoms with van der Waals surface area (Å²) in [7, 11) is 0. The van der Waals surface area contributed by atoms with Crippen molar-refractivity contribution in [2.75, 3.05) is 6.61 Å². The molecule has 0 saturated carbocycles. The molecular formula is C24H38O3. The van der Waals surface area contributed by atoms with Crippen molar-refractivity contribution in [1.29, 1.82) is 0 Å². The summed E-state index contributed by atoms with van der Waals surface area (Å²) in [5, 5.41) is 9.21. The number of carbonyl (C=O) groups is 1. The average Bonchev–Trinajstić information content (AvgIpc) is 2.68. The van der Waals surface area contributed by atoms with Crippen LogP contribution < -0.4 is 0 Å². The van der Waals surface area contributed by atoms with Gasteiger partial charge in [0.25, 0.3) is 0 Å². The van der Waals surface area contributed by atoms with Crippen LogP contribution in [0.4, 0.5) is 0 Å². The number of phenolic OH excluding ortho intramolecular Hbond substituents is 1. The van der Waals surface area contributed by atoms with Crippen molar-refractivity contribution in [2.45, 2.75) is 90.4 Å². The monoisotopic (exact) mass is 374 g/mol. The van der Waals surface area contributed by atoms with Gasteiger partial charge in [-0.3, -0.25) is 0 Å². The Hall–Kier alpha value is -1.77. The molecule has 1 aromatic rings. The molecule has 3 nitrogen and oxygen atoms in total. The van der Waals surface area contributed by atoms with Crippen LogP contribution in [-0.2, 0) is 4.74 Å². The van der Waals surface area contributed by atoms with Crippen LogP contribution in [0.25, 0.3) is 0 Å². The highest BCUT2D eigenvalue weighted by atomic mass is 16.5. The van der Waals surface area contributed by atoms with Gasteiger partial charge in [-0.25, -0.2) is 4.79 Å². The van der Waals surface area contributed by atoms with Crippen LogP contribution >= 0.6 is 0 Å². The van der Waals surface area contributed by atoms with E-state index in [4.69, 9.17) is 4.74 Å². The number of aromatic hydroxyl groups is 1. The van der Waals surface area contributed by atoms with Crippen molar-refractivity contribution in [3.05, 3.63) is 42.0 Å². The van der Waals surface area contributed by atoms with Gasteiger partial charge in [0.05, 0.1) is 12.2 Å². The van der Waals surface area contributed by atoms with Crippen LogP contribution in [0, 0.1) is 0 Å². The number of hydrogen-bond acceptors (Lipinski definition) is 3. The molecule has 1 N–H and O–H groups in total. The normalized spacial score (nSPS) is 11.1. The quantitative estimate of drug-likeness (QED) is 0.189. The maximum atomic E-state index is 11.8. The molecule has 152 valence electrons. The van der Waals surface area contributed by atoms with Crippen molar-refractivity contribution >= 4 is 5.97 Å². The summed E-state index contributed by atoms with van der Waals surface area (Å²) >= 11 is 0. The molecule has 1 aromatic carbocycles. The van der Waals surface area contributed by atoms with Crippen LogP contribution in [0.3, 0.4) is 0 Å². The fourth-order valence-corrected chi connectivity index (χ4v) is 3.09. The minimum atomic E-state index is -0.309. The minimum Gasteiger partial charge on any atom is -0.508 e. The first-order valence-corrected chi connectivity index (χ1v) is 10.8. The molecule has 0 spiro atoms. The minimum absolute atomic E-state index is 0.159. The van der Waals surface area contributed by atoms with Gasteiger partial charge in [0.15, 0.2) is 0 Å². The van der Waals surface area contributed by atoms with E-state index in [1.165, 1.54) is 76.3 Å². The number of phenols is 1. The second-order valence-electron chi connectivity index (χ2n) is 7.24. The molecule has 0 atom stereocenters. The van der Waals surface area contributed by atoms with E-state index in [0.717, 1.165) is 19.3 Å². The molecule has 0 aliphatic carbocycles. The average molecular weight is 375 g/mol. The Kier molecular flexibility index (Phi) is 14.1. The largest absolute Gasteiger partial charge is 0.508 e. The summed E-state index contributed by atoms with van der Waals surface area (Å²) in [5.74, 6) is -0.150. The lowest BCUT2D eigenvalue weighted by molar-refractivity contribution is 0.0497. The van der Waals surface area contributed by atoms with E-state index in [1.54, 1.807) is 12.1 Å². The number of ether oxygens (including phenoxy) is 1. The predicted molar refractivity (Wildman–Crippen MR) is 113 cm³/mol. The molecule has 0 aliphatic rings. The number of esters is 1. The molecule has 0 aromatic heterocycles. The third-order valence-electron chi connectivity index (χ3n) is 4.75. The summed E-state index contributed by atoms with van der Waals surface area (Å²) < 4.78 is 5.26. The van der Waals surface area contributed by atoms with Crippen molar-refractivity contribution in [3.8, 4) is 5.75 Å². The molecule has 0 saturated heterocycles. The first-order chi connectivity index (χ1) is 13.2.